The molecule has 0 radical (unpaired) electrons. The first kappa shape index (κ1) is 12.2. The molecule has 1 fully saturated rings. The molecule has 19 heavy (non-hydrogen) atoms. The van der Waals surface area contributed by atoms with E-state index in [1.54, 1.807) is 6.07 Å². The van der Waals surface area contributed by atoms with Crippen LogP contribution in [0.3, 0.4) is 0 Å². The third kappa shape index (κ3) is 2.49. The molecule has 3 rings (SSSR count). The molecule has 4 nitrogen and oxygen atoms in total. The predicted molar refractivity (Wildman–Crippen MR) is 74.7 cm³/mol. The monoisotopic (exact) mass is 275 g/mol. The lowest BCUT2D eigenvalue weighted by molar-refractivity contribution is 0.102. The number of carbonyl (C=O) groups is 1. The Balaban J connectivity index is 1.78. The summed E-state index contributed by atoms with van der Waals surface area (Å²) in [4.78, 5) is 12.1. The third-order valence-corrected chi connectivity index (χ3v) is 3.77. The van der Waals surface area contributed by atoms with Crippen LogP contribution < -0.4 is 5.32 Å². The lowest BCUT2D eigenvalue weighted by Gasteiger charge is -2.07. The van der Waals surface area contributed by atoms with Crippen LogP contribution >= 0.6 is 11.6 Å². The molecule has 0 spiro atoms. The molecule has 1 aliphatic rings. The second-order valence-electron chi connectivity index (χ2n) is 4.85. The Morgan fingerprint density at radius 3 is 3.00 bits per heavy atom. The van der Waals surface area contributed by atoms with E-state index in [2.05, 4.69) is 15.5 Å². The second kappa shape index (κ2) is 4.70. The average molecular weight is 276 g/mol. The predicted octanol–water partition coefficient (Wildman–Crippen LogP) is 3.50. The van der Waals surface area contributed by atoms with Gasteiger partial charge >= 0.3 is 0 Å². The van der Waals surface area contributed by atoms with Gasteiger partial charge in [0, 0.05) is 22.3 Å². The molecule has 5 heteroatoms. The Labute approximate surface area is 116 Å². The van der Waals surface area contributed by atoms with Crippen molar-refractivity contribution in [3.63, 3.8) is 0 Å². The number of anilines is 1. The number of aromatic amines is 1. The van der Waals surface area contributed by atoms with Crippen molar-refractivity contribution in [2.24, 2.45) is 0 Å². The van der Waals surface area contributed by atoms with Crippen LogP contribution in [0.5, 0.6) is 0 Å². The maximum Gasteiger partial charge on any atom is 0.276 e. The number of rotatable bonds is 3. The van der Waals surface area contributed by atoms with Gasteiger partial charge in [0.1, 0.15) is 0 Å². The molecule has 1 aromatic carbocycles. The molecular formula is C14H14ClN3O. The second-order valence-corrected chi connectivity index (χ2v) is 5.26. The van der Waals surface area contributed by atoms with Crippen LogP contribution in [0.15, 0.2) is 24.3 Å². The SMILES string of the molecule is Cc1c(Cl)cccc1NC(=O)c1cc(C2CC2)[nH]n1. The highest BCUT2D eigenvalue weighted by molar-refractivity contribution is 6.31. The van der Waals surface area contributed by atoms with E-state index < -0.39 is 0 Å². The van der Waals surface area contributed by atoms with E-state index in [1.807, 2.05) is 25.1 Å². The minimum absolute atomic E-state index is 0.214. The van der Waals surface area contributed by atoms with Gasteiger partial charge in [-0.2, -0.15) is 5.10 Å². The number of nitrogens with one attached hydrogen (secondary N) is 2. The van der Waals surface area contributed by atoms with E-state index in [0.717, 1.165) is 11.3 Å². The van der Waals surface area contributed by atoms with Crippen molar-refractivity contribution >= 4 is 23.2 Å². The van der Waals surface area contributed by atoms with Crippen LogP contribution in [0.1, 0.15) is 40.5 Å². The molecule has 98 valence electrons. The van der Waals surface area contributed by atoms with E-state index in [0.29, 0.717) is 22.3 Å². The Hall–Kier alpha value is -1.81. The van der Waals surface area contributed by atoms with Crippen molar-refractivity contribution in [3.8, 4) is 0 Å². The van der Waals surface area contributed by atoms with Crippen LogP contribution in [0.2, 0.25) is 5.02 Å². The molecule has 1 heterocycles. The fourth-order valence-corrected chi connectivity index (χ4v) is 2.16. The van der Waals surface area contributed by atoms with Crippen LogP contribution in [0, 0.1) is 6.92 Å². The van der Waals surface area contributed by atoms with Crippen LogP contribution in [0.25, 0.3) is 0 Å². The highest BCUT2D eigenvalue weighted by Gasteiger charge is 2.26. The molecule has 0 bridgehead atoms. The fraction of sp³-hybridized carbons (Fsp3) is 0.286. The zero-order chi connectivity index (χ0) is 13.4. The van der Waals surface area contributed by atoms with Gasteiger partial charge in [-0.05, 0) is 43.5 Å². The first-order valence-corrected chi connectivity index (χ1v) is 6.64. The van der Waals surface area contributed by atoms with E-state index >= 15 is 0 Å². The lowest BCUT2D eigenvalue weighted by Crippen LogP contribution is -2.13. The molecule has 0 atom stereocenters. The minimum Gasteiger partial charge on any atom is -0.320 e. The number of aromatic nitrogens is 2. The molecule has 2 N–H and O–H groups in total. The van der Waals surface area contributed by atoms with Gasteiger partial charge in [0.25, 0.3) is 5.91 Å². The number of benzene rings is 1. The van der Waals surface area contributed by atoms with Crippen molar-refractivity contribution in [1.82, 2.24) is 10.2 Å². The van der Waals surface area contributed by atoms with Gasteiger partial charge in [-0.3, -0.25) is 9.89 Å². The number of halogens is 1. The largest absolute Gasteiger partial charge is 0.320 e. The van der Waals surface area contributed by atoms with Gasteiger partial charge in [-0.25, -0.2) is 0 Å². The Morgan fingerprint density at radius 1 is 1.47 bits per heavy atom. The van der Waals surface area contributed by atoms with E-state index in [4.69, 9.17) is 11.6 Å². The summed E-state index contributed by atoms with van der Waals surface area (Å²) in [5.41, 5.74) is 3.04. The summed E-state index contributed by atoms with van der Waals surface area (Å²) in [5, 5.41) is 10.5. The van der Waals surface area contributed by atoms with E-state index in [1.165, 1.54) is 12.8 Å². The van der Waals surface area contributed by atoms with Crippen LogP contribution in [0.4, 0.5) is 5.69 Å². The number of hydrogen-bond acceptors (Lipinski definition) is 2. The molecule has 0 saturated heterocycles. The number of hydrogen-bond donors (Lipinski definition) is 2. The molecule has 0 unspecified atom stereocenters. The molecule has 1 saturated carbocycles. The standard InChI is InChI=1S/C14H14ClN3O/c1-8-10(15)3-2-4-11(8)16-14(19)13-7-12(17-18-13)9-5-6-9/h2-4,7,9H,5-6H2,1H3,(H,16,19)(H,17,18). The lowest BCUT2D eigenvalue weighted by atomic mass is 10.2. The van der Waals surface area contributed by atoms with Crippen molar-refractivity contribution < 1.29 is 4.79 Å². The molecule has 2 aromatic rings. The summed E-state index contributed by atoms with van der Waals surface area (Å²) >= 11 is 6.02. The van der Waals surface area contributed by atoms with E-state index in [-0.39, 0.29) is 5.91 Å². The number of nitrogens with zero attached hydrogens (tertiary/aromatic N) is 1. The fourth-order valence-electron chi connectivity index (χ4n) is 1.99. The topological polar surface area (TPSA) is 57.8 Å². The summed E-state index contributed by atoms with van der Waals surface area (Å²) in [6.45, 7) is 1.87. The van der Waals surface area contributed by atoms with Crippen molar-refractivity contribution in [1.29, 1.82) is 0 Å². The minimum atomic E-state index is -0.214. The number of H-pyrrole nitrogens is 1. The molecule has 1 aromatic heterocycles. The zero-order valence-electron chi connectivity index (χ0n) is 10.5. The van der Waals surface area contributed by atoms with Crippen LogP contribution in [-0.4, -0.2) is 16.1 Å². The maximum atomic E-state index is 12.1. The molecular weight excluding hydrogens is 262 g/mol. The summed E-state index contributed by atoms with van der Waals surface area (Å²) < 4.78 is 0. The summed E-state index contributed by atoms with van der Waals surface area (Å²) in [7, 11) is 0. The molecule has 0 aliphatic heterocycles. The Morgan fingerprint density at radius 2 is 2.26 bits per heavy atom. The molecule has 1 amide bonds. The zero-order valence-corrected chi connectivity index (χ0v) is 11.3. The van der Waals surface area contributed by atoms with Crippen molar-refractivity contribution in [3.05, 3.63) is 46.2 Å². The number of amides is 1. The smallest absolute Gasteiger partial charge is 0.276 e. The van der Waals surface area contributed by atoms with Gasteiger partial charge < -0.3 is 5.32 Å². The highest BCUT2D eigenvalue weighted by atomic mass is 35.5. The third-order valence-electron chi connectivity index (χ3n) is 3.36. The van der Waals surface area contributed by atoms with Gasteiger partial charge in [0.2, 0.25) is 0 Å². The summed E-state index contributed by atoms with van der Waals surface area (Å²) in [5.74, 6) is 0.343. The summed E-state index contributed by atoms with van der Waals surface area (Å²) in [6, 6.07) is 7.26. The quantitative estimate of drug-likeness (QED) is 0.901. The van der Waals surface area contributed by atoms with E-state index in [9.17, 15) is 4.79 Å². The highest BCUT2D eigenvalue weighted by Crippen LogP contribution is 2.39. The van der Waals surface area contributed by atoms with Crippen LogP contribution in [-0.2, 0) is 0 Å². The first-order valence-electron chi connectivity index (χ1n) is 6.27. The van der Waals surface area contributed by atoms with Gasteiger partial charge in [0.15, 0.2) is 5.69 Å². The first-order chi connectivity index (χ1) is 9.15. The summed E-state index contributed by atoms with van der Waals surface area (Å²) in [6.07, 6.45) is 2.35. The number of carbonyl (C=O) groups excluding carboxylic acids is 1. The van der Waals surface area contributed by atoms with Gasteiger partial charge in [-0.15, -0.1) is 0 Å². The van der Waals surface area contributed by atoms with Crippen molar-refractivity contribution in [2.75, 3.05) is 5.32 Å². The van der Waals surface area contributed by atoms with Gasteiger partial charge in [0.05, 0.1) is 0 Å². The van der Waals surface area contributed by atoms with Crippen molar-refractivity contribution in [2.45, 2.75) is 25.7 Å². The average Bonchev–Trinajstić information content (AvgIpc) is 3.12. The Kier molecular flexibility index (Phi) is 3.03. The Bertz CT molecular complexity index is 631. The normalized spacial score (nSPS) is 14.4. The maximum absolute atomic E-state index is 12.1. The van der Waals surface area contributed by atoms with Gasteiger partial charge in [-0.1, -0.05) is 17.7 Å². The molecule has 1 aliphatic carbocycles.